The zero-order valence-corrected chi connectivity index (χ0v) is 7.85. The highest BCUT2D eigenvalue weighted by atomic mass is 35.5. The number of benzene rings is 1. The van der Waals surface area contributed by atoms with Gasteiger partial charge in [0.15, 0.2) is 0 Å². The molecular formula is C9H7ClFN3. The van der Waals surface area contributed by atoms with Gasteiger partial charge in [-0.25, -0.2) is 15.2 Å². The van der Waals surface area contributed by atoms with Gasteiger partial charge in [0.2, 0.25) is 0 Å². The Hall–Kier alpha value is -1.39. The van der Waals surface area contributed by atoms with Crippen molar-refractivity contribution in [3.05, 3.63) is 35.1 Å². The summed E-state index contributed by atoms with van der Waals surface area (Å²) >= 11 is 5.83. The normalized spacial score (nSPS) is 10.5. The molecule has 1 heterocycles. The van der Waals surface area contributed by atoms with Gasteiger partial charge in [-0.2, -0.15) is 0 Å². The second-order valence-electron chi connectivity index (χ2n) is 2.80. The number of nitrogens with two attached hydrogens (primary N) is 1. The Labute approximate surface area is 84.7 Å². The molecule has 3 nitrogen and oxygen atoms in total. The summed E-state index contributed by atoms with van der Waals surface area (Å²) in [7, 11) is 0. The van der Waals surface area contributed by atoms with Crippen LogP contribution in [0.2, 0.25) is 5.02 Å². The summed E-state index contributed by atoms with van der Waals surface area (Å²) in [6, 6.07) is 5.97. The third-order valence-corrected chi connectivity index (χ3v) is 2.18. The van der Waals surface area contributed by atoms with Crippen LogP contribution in [0.3, 0.4) is 0 Å². The summed E-state index contributed by atoms with van der Waals surface area (Å²) in [6.07, 6.45) is 0. The van der Waals surface area contributed by atoms with Gasteiger partial charge in [0, 0.05) is 11.5 Å². The highest BCUT2D eigenvalue weighted by Gasteiger charge is 2.03. The number of hydrogen-bond donors (Lipinski definition) is 2. The molecule has 0 fully saturated rings. The van der Waals surface area contributed by atoms with Crippen LogP contribution in [-0.2, 0) is 0 Å². The molecule has 3 N–H and O–H groups in total. The van der Waals surface area contributed by atoms with E-state index in [2.05, 4.69) is 10.4 Å². The maximum Gasteiger partial charge on any atom is 0.140 e. The van der Waals surface area contributed by atoms with Gasteiger partial charge in [-0.05, 0) is 18.2 Å². The van der Waals surface area contributed by atoms with Gasteiger partial charge in [0.05, 0.1) is 10.5 Å². The summed E-state index contributed by atoms with van der Waals surface area (Å²) < 4.78 is 13.0. The third kappa shape index (κ3) is 1.49. The fourth-order valence-corrected chi connectivity index (χ4v) is 1.50. The van der Waals surface area contributed by atoms with Crippen LogP contribution in [0.5, 0.6) is 0 Å². The molecule has 0 atom stereocenters. The fraction of sp³-hybridized carbons (Fsp3) is 0. The average molecular weight is 212 g/mol. The molecule has 0 aliphatic carbocycles. The van der Waals surface area contributed by atoms with Crippen LogP contribution < -0.4 is 11.3 Å². The van der Waals surface area contributed by atoms with E-state index in [9.17, 15) is 4.39 Å². The lowest BCUT2D eigenvalue weighted by atomic mass is 10.2. The van der Waals surface area contributed by atoms with E-state index in [1.807, 2.05) is 0 Å². The zero-order valence-electron chi connectivity index (χ0n) is 7.09. The van der Waals surface area contributed by atoms with E-state index in [1.54, 1.807) is 12.1 Å². The van der Waals surface area contributed by atoms with Crippen molar-refractivity contribution >= 4 is 28.3 Å². The van der Waals surface area contributed by atoms with E-state index < -0.39 is 5.82 Å². The number of pyridine rings is 1. The van der Waals surface area contributed by atoms with Gasteiger partial charge in [0.1, 0.15) is 11.6 Å². The number of hydrogen-bond acceptors (Lipinski definition) is 3. The first kappa shape index (κ1) is 9.18. The Kier molecular flexibility index (Phi) is 2.23. The lowest BCUT2D eigenvalue weighted by Gasteiger charge is -2.03. The summed E-state index contributed by atoms with van der Waals surface area (Å²) in [6.45, 7) is 0. The minimum absolute atomic E-state index is 0.344. The standard InChI is InChI=1S/C9H7ClFN3/c10-7-3-5(11)4-8-6(7)1-2-9(13-8)14-12/h1-4H,12H2,(H,13,14). The van der Waals surface area contributed by atoms with Crippen molar-refractivity contribution in [2.45, 2.75) is 0 Å². The number of nitrogen functional groups attached to an aromatic ring is 1. The van der Waals surface area contributed by atoms with Crippen LogP contribution in [0.4, 0.5) is 10.2 Å². The van der Waals surface area contributed by atoms with Gasteiger partial charge in [0.25, 0.3) is 0 Å². The first-order chi connectivity index (χ1) is 6.70. The SMILES string of the molecule is NNc1ccc2c(Cl)cc(F)cc2n1. The highest BCUT2D eigenvalue weighted by molar-refractivity contribution is 6.35. The van der Waals surface area contributed by atoms with E-state index in [0.29, 0.717) is 21.7 Å². The van der Waals surface area contributed by atoms with Crippen molar-refractivity contribution < 1.29 is 4.39 Å². The van der Waals surface area contributed by atoms with E-state index >= 15 is 0 Å². The van der Waals surface area contributed by atoms with Crippen molar-refractivity contribution in [1.29, 1.82) is 0 Å². The van der Waals surface area contributed by atoms with Gasteiger partial charge in [-0.3, -0.25) is 0 Å². The molecule has 0 spiro atoms. The minimum Gasteiger partial charge on any atom is -0.308 e. The third-order valence-electron chi connectivity index (χ3n) is 1.87. The second kappa shape index (κ2) is 3.40. The van der Waals surface area contributed by atoms with E-state index in [4.69, 9.17) is 17.4 Å². The Morgan fingerprint density at radius 3 is 2.86 bits per heavy atom. The largest absolute Gasteiger partial charge is 0.308 e. The number of fused-ring (bicyclic) bond motifs is 1. The Balaban J connectivity index is 2.75. The average Bonchev–Trinajstić information content (AvgIpc) is 2.16. The molecule has 1 aromatic carbocycles. The molecule has 2 rings (SSSR count). The molecule has 0 bridgehead atoms. The zero-order chi connectivity index (χ0) is 10.1. The minimum atomic E-state index is -0.413. The van der Waals surface area contributed by atoms with Gasteiger partial charge in [-0.15, -0.1) is 0 Å². The monoisotopic (exact) mass is 211 g/mol. The molecule has 0 saturated carbocycles. The van der Waals surface area contributed by atoms with Crippen molar-refractivity contribution in [3.8, 4) is 0 Å². The Bertz CT molecular complexity index is 487. The van der Waals surface area contributed by atoms with Crippen LogP contribution in [-0.4, -0.2) is 4.98 Å². The molecule has 0 aliphatic rings. The number of aromatic nitrogens is 1. The lowest BCUT2D eigenvalue weighted by molar-refractivity contribution is 0.629. The molecular weight excluding hydrogens is 205 g/mol. The molecule has 0 aliphatic heterocycles. The van der Waals surface area contributed by atoms with Crippen LogP contribution in [0.1, 0.15) is 0 Å². The maximum absolute atomic E-state index is 13.0. The molecule has 0 saturated heterocycles. The summed E-state index contributed by atoms with van der Waals surface area (Å²) in [5, 5.41) is 1.04. The van der Waals surface area contributed by atoms with E-state index in [0.717, 1.165) is 0 Å². The number of anilines is 1. The van der Waals surface area contributed by atoms with Gasteiger partial charge >= 0.3 is 0 Å². The first-order valence-corrected chi connectivity index (χ1v) is 4.31. The lowest BCUT2D eigenvalue weighted by Crippen LogP contribution is -2.08. The molecule has 0 radical (unpaired) electrons. The topological polar surface area (TPSA) is 50.9 Å². The number of nitrogens with one attached hydrogen (secondary N) is 1. The number of nitrogens with zero attached hydrogens (tertiary/aromatic N) is 1. The fourth-order valence-electron chi connectivity index (χ4n) is 1.24. The molecule has 0 unspecified atom stereocenters. The van der Waals surface area contributed by atoms with E-state index in [1.165, 1.54) is 12.1 Å². The number of hydrazine groups is 1. The molecule has 14 heavy (non-hydrogen) atoms. The quantitative estimate of drug-likeness (QED) is 0.562. The Morgan fingerprint density at radius 1 is 1.36 bits per heavy atom. The van der Waals surface area contributed by atoms with Gasteiger partial charge < -0.3 is 5.43 Å². The molecule has 2 aromatic rings. The van der Waals surface area contributed by atoms with Crippen molar-refractivity contribution in [1.82, 2.24) is 4.98 Å². The number of halogens is 2. The molecule has 5 heteroatoms. The Morgan fingerprint density at radius 2 is 2.14 bits per heavy atom. The van der Waals surface area contributed by atoms with Crippen LogP contribution in [0.25, 0.3) is 10.9 Å². The second-order valence-corrected chi connectivity index (χ2v) is 3.20. The smallest absolute Gasteiger partial charge is 0.140 e. The molecule has 0 amide bonds. The maximum atomic E-state index is 13.0. The predicted octanol–water partition coefficient (Wildman–Crippen LogP) is 2.31. The molecule has 1 aromatic heterocycles. The first-order valence-electron chi connectivity index (χ1n) is 3.93. The summed E-state index contributed by atoms with van der Waals surface area (Å²) in [4.78, 5) is 4.05. The van der Waals surface area contributed by atoms with Crippen molar-refractivity contribution in [3.63, 3.8) is 0 Å². The van der Waals surface area contributed by atoms with Crippen LogP contribution in [0, 0.1) is 5.82 Å². The van der Waals surface area contributed by atoms with Gasteiger partial charge in [-0.1, -0.05) is 11.6 Å². The summed E-state index contributed by atoms with van der Waals surface area (Å²) in [5.41, 5.74) is 2.86. The predicted molar refractivity (Wildman–Crippen MR) is 54.5 cm³/mol. The van der Waals surface area contributed by atoms with Crippen LogP contribution in [0.15, 0.2) is 24.3 Å². The van der Waals surface area contributed by atoms with Crippen molar-refractivity contribution in [2.24, 2.45) is 5.84 Å². The molecule has 72 valence electrons. The number of rotatable bonds is 1. The highest BCUT2D eigenvalue weighted by Crippen LogP contribution is 2.24. The van der Waals surface area contributed by atoms with Crippen molar-refractivity contribution in [2.75, 3.05) is 5.43 Å². The van der Waals surface area contributed by atoms with E-state index in [-0.39, 0.29) is 0 Å². The summed E-state index contributed by atoms with van der Waals surface area (Å²) in [5.74, 6) is 5.24. The van der Waals surface area contributed by atoms with Crippen LogP contribution >= 0.6 is 11.6 Å².